The number of hydrogen-bond acceptors (Lipinski definition) is 2. The molecule has 2 heteroatoms. The van der Waals surface area contributed by atoms with Gasteiger partial charge in [-0.2, -0.15) is 0 Å². The summed E-state index contributed by atoms with van der Waals surface area (Å²) < 4.78 is 0. The van der Waals surface area contributed by atoms with E-state index in [2.05, 4.69) is 37.1 Å². The Morgan fingerprint density at radius 1 is 1.28 bits per heavy atom. The van der Waals surface area contributed by atoms with E-state index in [-0.39, 0.29) is 0 Å². The molecule has 0 saturated heterocycles. The molecular formula is C16H26N2. The molecule has 1 saturated carbocycles. The zero-order valence-electron chi connectivity index (χ0n) is 11.9. The van der Waals surface area contributed by atoms with Crippen LogP contribution < -0.4 is 5.32 Å². The van der Waals surface area contributed by atoms with Gasteiger partial charge in [-0.3, -0.25) is 4.98 Å². The maximum absolute atomic E-state index is 4.51. The number of aromatic nitrogens is 1. The average Bonchev–Trinajstić information content (AvgIpc) is 2.40. The molecule has 1 N–H and O–H groups in total. The molecular weight excluding hydrogens is 220 g/mol. The van der Waals surface area contributed by atoms with Gasteiger partial charge in [0.1, 0.15) is 0 Å². The van der Waals surface area contributed by atoms with Gasteiger partial charge in [-0.05, 0) is 49.1 Å². The Labute approximate surface area is 111 Å². The van der Waals surface area contributed by atoms with Crippen molar-refractivity contribution in [1.82, 2.24) is 10.3 Å². The molecule has 1 aromatic heterocycles. The predicted molar refractivity (Wildman–Crippen MR) is 76.4 cm³/mol. The zero-order valence-corrected chi connectivity index (χ0v) is 11.9. The summed E-state index contributed by atoms with van der Waals surface area (Å²) in [4.78, 5) is 4.51. The smallest absolute Gasteiger partial charge is 0.0573 e. The van der Waals surface area contributed by atoms with Gasteiger partial charge in [0.05, 0.1) is 5.69 Å². The van der Waals surface area contributed by atoms with Crippen molar-refractivity contribution in [2.75, 3.05) is 0 Å². The first-order valence-electron chi connectivity index (χ1n) is 7.36. The van der Waals surface area contributed by atoms with Crippen LogP contribution >= 0.6 is 0 Å². The van der Waals surface area contributed by atoms with Crippen LogP contribution in [-0.2, 0) is 13.0 Å². The molecule has 0 bridgehead atoms. The summed E-state index contributed by atoms with van der Waals surface area (Å²) in [5, 5.41) is 3.70. The summed E-state index contributed by atoms with van der Waals surface area (Å²) >= 11 is 0. The number of nitrogens with one attached hydrogen (secondary N) is 1. The summed E-state index contributed by atoms with van der Waals surface area (Å²) in [6.45, 7) is 7.90. The topological polar surface area (TPSA) is 24.9 Å². The summed E-state index contributed by atoms with van der Waals surface area (Å²) in [5.41, 5.74) is 2.61. The maximum atomic E-state index is 4.51. The monoisotopic (exact) mass is 246 g/mol. The highest BCUT2D eigenvalue weighted by Crippen LogP contribution is 2.29. The predicted octanol–water partition coefficient (Wildman–Crippen LogP) is 3.56. The molecule has 3 atom stereocenters. The van der Waals surface area contributed by atoms with Gasteiger partial charge in [0.25, 0.3) is 0 Å². The van der Waals surface area contributed by atoms with E-state index in [0.29, 0.717) is 6.04 Å². The fourth-order valence-corrected chi connectivity index (χ4v) is 2.93. The largest absolute Gasteiger partial charge is 0.308 e. The molecule has 18 heavy (non-hydrogen) atoms. The van der Waals surface area contributed by atoms with Gasteiger partial charge in [0, 0.05) is 18.8 Å². The lowest BCUT2D eigenvalue weighted by Crippen LogP contribution is -2.36. The highest BCUT2D eigenvalue weighted by atomic mass is 14.9. The average molecular weight is 246 g/mol. The molecule has 100 valence electrons. The SMILES string of the molecule is CCc1cccnc1CNC1CCC(C)C(C)C1. The van der Waals surface area contributed by atoms with Crippen LogP contribution in [0.1, 0.15) is 51.3 Å². The third-order valence-electron chi connectivity index (χ3n) is 4.52. The first-order chi connectivity index (χ1) is 8.70. The second kappa shape index (κ2) is 6.33. The highest BCUT2D eigenvalue weighted by Gasteiger charge is 2.24. The van der Waals surface area contributed by atoms with Gasteiger partial charge in [-0.1, -0.05) is 26.8 Å². The summed E-state index contributed by atoms with van der Waals surface area (Å²) in [6, 6.07) is 4.91. The first kappa shape index (κ1) is 13.5. The van der Waals surface area contributed by atoms with Crippen LogP contribution in [0.25, 0.3) is 0 Å². The van der Waals surface area contributed by atoms with Crippen LogP contribution in [0.4, 0.5) is 0 Å². The van der Waals surface area contributed by atoms with Crippen LogP contribution in [0.3, 0.4) is 0 Å². The normalized spacial score (nSPS) is 28.3. The van der Waals surface area contributed by atoms with Crippen LogP contribution in [0, 0.1) is 11.8 Å². The number of aryl methyl sites for hydroxylation is 1. The molecule has 3 unspecified atom stereocenters. The van der Waals surface area contributed by atoms with Crippen LogP contribution in [0.5, 0.6) is 0 Å². The van der Waals surface area contributed by atoms with E-state index in [0.717, 1.165) is 24.8 Å². The number of pyridine rings is 1. The second-order valence-electron chi connectivity index (χ2n) is 5.81. The lowest BCUT2D eigenvalue weighted by molar-refractivity contribution is 0.225. The minimum Gasteiger partial charge on any atom is -0.308 e. The Kier molecular flexibility index (Phi) is 4.76. The van der Waals surface area contributed by atoms with E-state index < -0.39 is 0 Å². The van der Waals surface area contributed by atoms with Crippen molar-refractivity contribution in [3.05, 3.63) is 29.6 Å². The molecule has 2 rings (SSSR count). The van der Waals surface area contributed by atoms with Crippen LogP contribution in [-0.4, -0.2) is 11.0 Å². The Morgan fingerprint density at radius 3 is 2.83 bits per heavy atom. The van der Waals surface area contributed by atoms with E-state index >= 15 is 0 Å². The third-order valence-corrected chi connectivity index (χ3v) is 4.52. The van der Waals surface area contributed by atoms with Crippen LogP contribution in [0.2, 0.25) is 0 Å². The standard InChI is InChI=1S/C16H26N2/c1-4-14-6-5-9-17-16(14)11-18-15-8-7-12(2)13(3)10-15/h5-6,9,12-13,15,18H,4,7-8,10-11H2,1-3H3. The highest BCUT2D eigenvalue weighted by molar-refractivity contribution is 5.19. The molecule has 1 aromatic rings. The quantitative estimate of drug-likeness (QED) is 0.878. The van der Waals surface area contributed by atoms with E-state index in [9.17, 15) is 0 Å². The Morgan fingerprint density at radius 2 is 2.11 bits per heavy atom. The Bertz CT molecular complexity index is 375. The van der Waals surface area contributed by atoms with E-state index in [1.807, 2.05) is 12.3 Å². The molecule has 0 amide bonds. The van der Waals surface area contributed by atoms with Gasteiger partial charge in [0.2, 0.25) is 0 Å². The molecule has 1 heterocycles. The fraction of sp³-hybridized carbons (Fsp3) is 0.688. The van der Waals surface area contributed by atoms with Gasteiger partial charge >= 0.3 is 0 Å². The molecule has 0 radical (unpaired) electrons. The van der Waals surface area contributed by atoms with Crippen molar-refractivity contribution in [3.63, 3.8) is 0 Å². The van der Waals surface area contributed by atoms with Gasteiger partial charge < -0.3 is 5.32 Å². The molecule has 1 aliphatic carbocycles. The summed E-state index contributed by atoms with van der Waals surface area (Å²) in [7, 11) is 0. The van der Waals surface area contributed by atoms with Crippen LogP contribution in [0.15, 0.2) is 18.3 Å². The van der Waals surface area contributed by atoms with E-state index in [1.54, 1.807) is 0 Å². The third kappa shape index (κ3) is 3.32. The van der Waals surface area contributed by atoms with Gasteiger partial charge in [-0.15, -0.1) is 0 Å². The van der Waals surface area contributed by atoms with E-state index in [1.165, 1.54) is 30.5 Å². The minimum atomic E-state index is 0.683. The molecule has 0 spiro atoms. The van der Waals surface area contributed by atoms with Crippen molar-refractivity contribution in [2.45, 2.75) is 59.0 Å². The molecule has 2 nitrogen and oxygen atoms in total. The minimum absolute atomic E-state index is 0.683. The lowest BCUT2D eigenvalue weighted by atomic mass is 9.79. The molecule has 1 aliphatic rings. The number of nitrogens with zero attached hydrogens (tertiary/aromatic N) is 1. The zero-order chi connectivity index (χ0) is 13.0. The van der Waals surface area contributed by atoms with Gasteiger partial charge in [-0.25, -0.2) is 0 Å². The number of hydrogen-bond donors (Lipinski definition) is 1. The fourth-order valence-electron chi connectivity index (χ4n) is 2.93. The summed E-state index contributed by atoms with van der Waals surface area (Å²) in [6.07, 6.45) is 6.97. The first-order valence-corrected chi connectivity index (χ1v) is 7.36. The molecule has 0 aliphatic heterocycles. The maximum Gasteiger partial charge on any atom is 0.0573 e. The second-order valence-corrected chi connectivity index (χ2v) is 5.81. The lowest BCUT2D eigenvalue weighted by Gasteiger charge is -2.32. The summed E-state index contributed by atoms with van der Waals surface area (Å²) in [5.74, 6) is 1.75. The van der Waals surface area contributed by atoms with Crippen molar-refractivity contribution in [3.8, 4) is 0 Å². The van der Waals surface area contributed by atoms with Crippen molar-refractivity contribution < 1.29 is 0 Å². The van der Waals surface area contributed by atoms with Gasteiger partial charge in [0.15, 0.2) is 0 Å². The van der Waals surface area contributed by atoms with Crippen molar-refractivity contribution >= 4 is 0 Å². The Balaban J connectivity index is 1.88. The van der Waals surface area contributed by atoms with E-state index in [4.69, 9.17) is 0 Å². The Hall–Kier alpha value is -0.890. The molecule has 1 fully saturated rings. The molecule has 0 aromatic carbocycles. The number of rotatable bonds is 4. The van der Waals surface area contributed by atoms with Crippen molar-refractivity contribution in [2.24, 2.45) is 11.8 Å². The van der Waals surface area contributed by atoms with Crippen molar-refractivity contribution in [1.29, 1.82) is 0 Å².